The molecule has 0 bridgehead atoms. The van der Waals surface area contributed by atoms with Crippen molar-refractivity contribution in [2.75, 3.05) is 13.6 Å². The van der Waals surface area contributed by atoms with Crippen LogP contribution in [-0.4, -0.2) is 33.8 Å². The van der Waals surface area contributed by atoms with E-state index < -0.39 is 0 Å². The van der Waals surface area contributed by atoms with E-state index in [1.54, 1.807) is 4.80 Å². The van der Waals surface area contributed by atoms with Gasteiger partial charge in [-0.1, -0.05) is 12.8 Å². The minimum Gasteiger partial charge on any atom is -0.318 e. The summed E-state index contributed by atoms with van der Waals surface area (Å²) in [5.74, 6) is 1.51. The van der Waals surface area contributed by atoms with Crippen molar-refractivity contribution < 1.29 is 0 Å². The summed E-state index contributed by atoms with van der Waals surface area (Å²) < 4.78 is 0. The lowest BCUT2D eigenvalue weighted by Gasteiger charge is -2.00. The average molecular weight is 195 g/mol. The molecule has 0 unspecified atom stereocenters. The third-order valence-electron chi connectivity index (χ3n) is 2.75. The number of aromatic nitrogens is 4. The van der Waals surface area contributed by atoms with Crippen molar-refractivity contribution in [2.24, 2.45) is 0 Å². The summed E-state index contributed by atoms with van der Waals surface area (Å²) in [5, 5.41) is 15.6. The SMILES string of the molecule is CNCCn1nnc(C2CCCC2)n1. The summed E-state index contributed by atoms with van der Waals surface area (Å²) in [4.78, 5) is 1.68. The molecule has 1 aliphatic rings. The maximum atomic E-state index is 4.38. The smallest absolute Gasteiger partial charge is 0.177 e. The van der Waals surface area contributed by atoms with E-state index in [4.69, 9.17) is 0 Å². The first-order valence-corrected chi connectivity index (χ1v) is 5.32. The van der Waals surface area contributed by atoms with Gasteiger partial charge >= 0.3 is 0 Å². The van der Waals surface area contributed by atoms with Crippen molar-refractivity contribution in [1.82, 2.24) is 25.5 Å². The van der Waals surface area contributed by atoms with Crippen LogP contribution in [-0.2, 0) is 6.54 Å². The second-order valence-electron chi connectivity index (χ2n) is 3.83. The first-order chi connectivity index (χ1) is 6.90. The molecule has 5 heteroatoms. The van der Waals surface area contributed by atoms with Crippen LogP contribution in [0.15, 0.2) is 0 Å². The molecule has 1 aromatic rings. The zero-order valence-corrected chi connectivity index (χ0v) is 8.61. The Balaban J connectivity index is 1.94. The van der Waals surface area contributed by atoms with Crippen molar-refractivity contribution >= 4 is 0 Å². The Kier molecular flexibility index (Phi) is 3.08. The molecule has 1 aliphatic carbocycles. The Labute approximate surface area is 83.9 Å². The molecular formula is C9H17N5. The van der Waals surface area contributed by atoms with Gasteiger partial charge in [0.2, 0.25) is 0 Å². The van der Waals surface area contributed by atoms with Gasteiger partial charge in [-0.25, -0.2) is 0 Å². The molecule has 1 aromatic heterocycles. The van der Waals surface area contributed by atoms with Gasteiger partial charge in [0, 0.05) is 12.5 Å². The van der Waals surface area contributed by atoms with Crippen LogP contribution < -0.4 is 5.32 Å². The van der Waals surface area contributed by atoms with Crippen molar-refractivity contribution in [3.05, 3.63) is 5.82 Å². The zero-order valence-electron chi connectivity index (χ0n) is 8.61. The molecule has 0 saturated heterocycles. The van der Waals surface area contributed by atoms with E-state index in [2.05, 4.69) is 20.7 Å². The lowest BCUT2D eigenvalue weighted by Crippen LogP contribution is -2.16. The van der Waals surface area contributed by atoms with Gasteiger partial charge in [0.05, 0.1) is 6.54 Å². The zero-order chi connectivity index (χ0) is 9.80. The van der Waals surface area contributed by atoms with Gasteiger partial charge in [0.15, 0.2) is 5.82 Å². The molecule has 0 radical (unpaired) electrons. The van der Waals surface area contributed by atoms with Crippen molar-refractivity contribution in [2.45, 2.75) is 38.1 Å². The first-order valence-electron chi connectivity index (χ1n) is 5.32. The Morgan fingerprint density at radius 2 is 2.21 bits per heavy atom. The highest BCUT2D eigenvalue weighted by atomic mass is 15.6. The molecule has 0 atom stereocenters. The van der Waals surface area contributed by atoms with Crippen LogP contribution in [0.1, 0.15) is 37.4 Å². The van der Waals surface area contributed by atoms with Crippen LogP contribution in [0.3, 0.4) is 0 Å². The number of nitrogens with zero attached hydrogens (tertiary/aromatic N) is 4. The van der Waals surface area contributed by atoms with Crippen molar-refractivity contribution in [1.29, 1.82) is 0 Å². The van der Waals surface area contributed by atoms with E-state index >= 15 is 0 Å². The van der Waals surface area contributed by atoms with Crippen LogP contribution in [0.2, 0.25) is 0 Å². The van der Waals surface area contributed by atoms with Crippen molar-refractivity contribution in [3.8, 4) is 0 Å². The molecule has 2 rings (SSSR count). The fraction of sp³-hybridized carbons (Fsp3) is 0.889. The highest BCUT2D eigenvalue weighted by molar-refractivity contribution is 4.93. The highest BCUT2D eigenvalue weighted by Crippen LogP contribution is 2.31. The molecule has 0 spiro atoms. The third kappa shape index (κ3) is 2.09. The molecule has 0 aliphatic heterocycles. The van der Waals surface area contributed by atoms with Gasteiger partial charge in [0.25, 0.3) is 0 Å². The number of rotatable bonds is 4. The van der Waals surface area contributed by atoms with E-state index in [0.29, 0.717) is 5.92 Å². The normalized spacial score (nSPS) is 17.8. The molecule has 14 heavy (non-hydrogen) atoms. The molecule has 0 amide bonds. The fourth-order valence-electron chi connectivity index (χ4n) is 1.91. The van der Waals surface area contributed by atoms with Crippen LogP contribution in [0.25, 0.3) is 0 Å². The molecule has 5 nitrogen and oxygen atoms in total. The molecule has 1 heterocycles. The molecule has 1 N–H and O–H groups in total. The Hall–Kier alpha value is -0.970. The number of hydrogen-bond donors (Lipinski definition) is 1. The topological polar surface area (TPSA) is 55.6 Å². The van der Waals surface area contributed by atoms with Gasteiger partial charge in [-0.3, -0.25) is 0 Å². The number of likely N-dealkylation sites (N-methyl/N-ethyl adjacent to an activating group) is 1. The largest absolute Gasteiger partial charge is 0.318 e. The Morgan fingerprint density at radius 3 is 2.93 bits per heavy atom. The van der Waals surface area contributed by atoms with E-state index in [-0.39, 0.29) is 0 Å². The molecule has 1 saturated carbocycles. The summed E-state index contributed by atoms with van der Waals surface area (Å²) in [7, 11) is 1.93. The second-order valence-corrected chi connectivity index (χ2v) is 3.83. The highest BCUT2D eigenvalue weighted by Gasteiger charge is 2.21. The second kappa shape index (κ2) is 4.50. The average Bonchev–Trinajstić information content (AvgIpc) is 2.85. The standard InChI is InChI=1S/C9H17N5/c1-10-6-7-14-12-9(11-13-14)8-4-2-3-5-8/h8,10H,2-7H2,1H3. The van der Waals surface area contributed by atoms with Gasteiger partial charge < -0.3 is 5.32 Å². The van der Waals surface area contributed by atoms with Crippen LogP contribution in [0.4, 0.5) is 0 Å². The molecule has 1 fully saturated rings. The van der Waals surface area contributed by atoms with Gasteiger partial charge in [-0.2, -0.15) is 4.80 Å². The molecular weight excluding hydrogens is 178 g/mol. The first kappa shape index (κ1) is 9.58. The van der Waals surface area contributed by atoms with E-state index in [0.717, 1.165) is 18.9 Å². The van der Waals surface area contributed by atoms with Gasteiger partial charge in [-0.15, -0.1) is 10.2 Å². The van der Waals surface area contributed by atoms with Crippen LogP contribution in [0, 0.1) is 0 Å². The monoisotopic (exact) mass is 195 g/mol. The van der Waals surface area contributed by atoms with Gasteiger partial charge in [0.1, 0.15) is 0 Å². The number of tetrazole rings is 1. The van der Waals surface area contributed by atoms with E-state index in [9.17, 15) is 0 Å². The fourth-order valence-corrected chi connectivity index (χ4v) is 1.91. The summed E-state index contributed by atoms with van der Waals surface area (Å²) in [5.41, 5.74) is 0. The Bertz CT molecular complexity index is 276. The minimum atomic E-state index is 0.568. The third-order valence-corrected chi connectivity index (χ3v) is 2.75. The summed E-state index contributed by atoms with van der Waals surface area (Å²) in [6, 6.07) is 0. The summed E-state index contributed by atoms with van der Waals surface area (Å²) in [6.07, 6.45) is 5.10. The van der Waals surface area contributed by atoms with Gasteiger partial charge in [-0.05, 0) is 25.1 Å². The maximum absolute atomic E-state index is 4.38. The predicted octanol–water partition coefficient (Wildman–Crippen LogP) is 0.550. The number of nitrogens with one attached hydrogen (secondary N) is 1. The molecule has 0 aromatic carbocycles. The van der Waals surface area contributed by atoms with Crippen LogP contribution >= 0.6 is 0 Å². The maximum Gasteiger partial charge on any atom is 0.177 e. The predicted molar refractivity (Wildman–Crippen MR) is 53.0 cm³/mol. The van der Waals surface area contributed by atoms with Crippen molar-refractivity contribution in [3.63, 3.8) is 0 Å². The van der Waals surface area contributed by atoms with E-state index in [1.807, 2.05) is 7.05 Å². The Morgan fingerprint density at radius 1 is 1.43 bits per heavy atom. The lowest BCUT2D eigenvalue weighted by atomic mass is 10.1. The number of hydrogen-bond acceptors (Lipinski definition) is 4. The minimum absolute atomic E-state index is 0.568. The quantitative estimate of drug-likeness (QED) is 0.762. The van der Waals surface area contributed by atoms with Crippen LogP contribution in [0.5, 0.6) is 0 Å². The summed E-state index contributed by atoms with van der Waals surface area (Å²) >= 11 is 0. The molecule has 78 valence electrons. The lowest BCUT2D eigenvalue weighted by molar-refractivity contribution is 0.503. The summed E-state index contributed by atoms with van der Waals surface area (Å²) in [6.45, 7) is 1.69. The van der Waals surface area contributed by atoms with E-state index in [1.165, 1.54) is 25.7 Å².